The van der Waals surface area contributed by atoms with Crippen LogP contribution in [0.2, 0.25) is 0 Å². The summed E-state index contributed by atoms with van der Waals surface area (Å²) >= 11 is 0. The van der Waals surface area contributed by atoms with E-state index < -0.39 is 11.4 Å². The van der Waals surface area contributed by atoms with Crippen molar-refractivity contribution in [1.29, 1.82) is 0 Å². The summed E-state index contributed by atoms with van der Waals surface area (Å²) in [6, 6.07) is 19.8. The molecule has 8 nitrogen and oxygen atoms in total. The number of nitrogens with zero attached hydrogens (tertiary/aromatic N) is 1. The van der Waals surface area contributed by atoms with Crippen molar-refractivity contribution >= 4 is 0 Å². The van der Waals surface area contributed by atoms with Crippen LogP contribution in [0.5, 0.6) is 11.5 Å². The molecule has 0 aliphatic heterocycles. The van der Waals surface area contributed by atoms with Crippen LogP contribution in [0, 0.1) is 13.8 Å². The summed E-state index contributed by atoms with van der Waals surface area (Å²) in [5.41, 5.74) is 5.69. The molecule has 0 radical (unpaired) electrons. The van der Waals surface area contributed by atoms with E-state index in [2.05, 4.69) is 56.9 Å². The summed E-state index contributed by atoms with van der Waals surface area (Å²) in [6.45, 7) is 9.47. The van der Waals surface area contributed by atoms with Crippen molar-refractivity contribution in [1.82, 2.24) is 9.72 Å². The highest BCUT2D eigenvalue weighted by atomic mass is 16.5. The predicted octanol–water partition coefficient (Wildman–Crippen LogP) is 5.23. The van der Waals surface area contributed by atoms with Gasteiger partial charge in [-0.25, -0.2) is 14.6 Å². The van der Waals surface area contributed by atoms with Crippen molar-refractivity contribution < 1.29 is 18.7 Å². The van der Waals surface area contributed by atoms with E-state index in [0.29, 0.717) is 19.0 Å². The third-order valence-corrected chi connectivity index (χ3v) is 6.53. The van der Waals surface area contributed by atoms with E-state index in [9.17, 15) is 9.59 Å². The van der Waals surface area contributed by atoms with Gasteiger partial charge in [-0.05, 0) is 91.4 Å². The van der Waals surface area contributed by atoms with Crippen molar-refractivity contribution in [2.75, 3.05) is 13.7 Å². The molecule has 0 amide bonds. The third kappa shape index (κ3) is 6.83. The van der Waals surface area contributed by atoms with Gasteiger partial charge in [-0.1, -0.05) is 30.3 Å². The number of benzene rings is 3. The van der Waals surface area contributed by atoms with E-state index in [4.69, 9.17) is 18.7 Å². The SMILES string of the molecule is COC(C)(C)CCOc1cc(C)c(-c2cccc(COc3ccc(Cn4oc(=O)[nH]c4=O)cc3)c2)c(C)c1. The van der Waals surface area contributed by atoms with Gasteiger partial charge in [0.1, 0.15) is 18.1 Å². The van der Waals surface area contributed by atoms with Crippen LogP contribution in [0.3, 0.4) is 0 Å². The average Bonchev–Trinajstić information content (AvgIpc) is 3.19. The van der Waals surface area contributed by atoms with Crippen LogP contribution in [-0.2, 0) is 17.9 Å². The number of aromatic amines is 1. The molecule has 0 bridgehead atoms. The van der Waals surface area contributed by atoms with Gasteiger partial charge in [0.2, 0.25) is 0 Å². The van der Waals surface area contributed by atoms with Gasteiger partial charge >= 0.3 is 11.4 Å². The lowest BCUT2D eigenvalue weighted by Crippen LogP contribution is -2.25. The van der Waals surface area contributed by atoms with Crippen LogP contribution >= 0.6 is 0 Å². The highest BCUT2D eigenvalue weighted by molar-refractivity contribution is 5.72. The van der Waals surface area contributed by atoms with Gasteiger partial charge in [0.25, 0.3) is 0 Å². The van der Waals surface area contributed by atoms with Crippen LogP contribution in [0.1, 0.15) is 42.5 Å². The van der Waals surface area contributed by atoms with Crippen LogP contribution in [-0.4, -0.2) is 29.0 Å². The molecule has 38 heavy (non-hydrogen) atoms. The van der Waals surface area contributed by atoms with Gasteiger partial charge in [-0.2, -0.15) is 0 Å². The highest BCUT2D eigenvalue weighted by Gasteiger charge is 2.16. The minimum Gasteiger partial charge on any atom is -0.493 e. The van der Waals surface area contributed by atoms with Crippen LogP contribution < -0.4 is 20.9 Å². The minimum atomic E-state index is -0.770. The first-order valence-electron chi connectivity index (χ1n) is 12.5. The molecule has 1 N–H and O–H groups in total. The Labute approximate surface area is 221 Å². The standard InChI is InChI=1S/C30H34N2O6/c1-20-15-26(36-14-13-30(3,4)35-5)16-21(2)27(20)24-8-6-7-23(17-24)19-37-25-11-9-22(10-12-25)18-32-28(33)31-29(34)38-32/h6-12,15-17H,13-14,18-19H2,1-5H3,(H,31,33,34). The Hall–Kier alpha value is -4.04. The second kappa shape index (κ2) is 11.6. The number of methoxy groups -OCH3 is 1. The number of aromatic nitrogens is 2. The number of H-pyrrole nitrogens is 1. The zero-order valence-electron chi connectivity index (χ0n) is 22.5. The highest BCUT2D eigenvalue weighted by Crippen LogP contribution is 2.32. The molecule has 0 spiro atoms. The topological polar surface area (TPSA) is 95.7 Å². The molecule has 0 aliphatic carbocycles. The quantitative estimate of drug-likeness (QED) is 0.292. The average molecular weight is 519 g/mol. The van der Waals surface area contributed by atoms with E-state index in [-0.39, 0.29) is 12.1 Å². The Kier molecular flexibility index (Phi) is 8.22. The molecular weight excluding hydrogens is 484 g/mol. The Morgan fingerprint density at radius 3 is 2.24 bits per heavy atom. The lowest BCUT2D eigenvalue weighted by Gasteiger charge is -2.23. The Morgan fingerprint density at radius 1 is 0.895 bits per heavy atom. The molecule has 8 heteroatoms. The molecule has 3 aromatic carbocycles. The molecule has 4 aromatic rings. The van der Waals surface area contributed by atoms with E-state index in [1.807, 2.05) is 36.4 Å². The smallest absolute Gasteiger partial charge is 0.440 e. The summed E-state index contributed by atoms with van der Waals surface area (Å²) in [4.78, 5) is 24.8. The molecule has 0 atom stereocenters. The zero-order chi connectivity index (χ0) is 27.3. The van der Waals surface area contributed by atoms with Crippen molar-refractivity contribution in [2.24, 2.45) is 0 Å². The maximum Gasteiger partial charge on any atom is 0.440 e. The van der Waals surface area contributed by atoms with Crippen LogP contribution in [0.4, 0.5) is 0 Å². The Bertz CT molecular complexity index is 1470. The number of ether oxygens (including phenoxy) is 3. The van der Waals surface area contributed by atoms with Crippen molar-refractivity contribution in [2.45, 2.75) is 52.9 Å². The Balaban J connectivity index is 1.40. The number of aryl methyl sites for hydroxylation is 2. The lowest BCUT2D eigenvalue weighted by molar-refractivity contribution is 0.00545. The molecular formula is C30H34N2O6. The molecule has 1 heterocycles. The van der Waals surface area contributed by atoms with E-state index in [1.165, 1.54) is 5.56 Å². The number of rotatable bonds is 11. The fourth-order valence-corrected chi connectivity index (χ4v) is 4.24. The zero-order valence-corrected chi connectivity index (χ0v) is 22.5. The minimum absolute atomic E-state index is 0.160. The molecule has 0 saturated heterocycles. The summed E-state index contributed by atoms with van der Waals surface area (Å²) in [7, 11) is 1.72. The maximum absolute atomic E-state index is 11.6. The van der Waals surface area contributed by atoms with Crippen molar-refractivity contribution in [3.63, 3.8) is 0 Å². The van der Waals surface area contributed by atoms with Crippen molar-refractivity contribution in [3.05, 3.63) is 104 Å². The van der Waals surface area contributed by atoms with Gasteiger partial charge in [-0.15, -0.1) is 4.74 Å². The largest absolute Gasteiger partial charge is 0.493 e. The molecule has 200 valence electrons. The number of nitrogens with one attached hydrogen (secondary N) is 1. The molecule has 1 aromatic heterocycles. The second-order valence-electron chi connectivity index (χ2n) is 9.97. The van der Waals surface area contributed by atoms with Crippen molar-refractivity contribution in [3.8, 4) is 22.6 Å². The molecule has 0 aliphatic rings. The van der Waals surface area contributed by atoms with E-state index >= 15 is 0 Å². The molecule has 0 unspecified atom stereocenters. The summed E-state index contributed by atoms with van der Waals surface area (Å²) in [5.74, 6) is 0.795. The molecule has 0 fully saturated rings. The van der Waals surface area contributed by atoms with Gasteiger partial charge in [0.15, 0.2) is 0 Å². The first kappa shape index (κ1) is 27.0. The lowest BCUT2D eigenvalue weighted by atomic mass is 9.94. The normalized spacial score (nSPS) is 11.5. The van der Waals surface area contributed by atoms with E-state index in [1.54, 1.807) is 7.11 Å². The summed E-state index contributed by atoms with van der Waals surface area (Å²) < 4.78 is 23.3. The maximum atomic E-state index is 11.6. The second-order valence-corrected chi connectivity index (χ2v) is 9.97. The van der Waals surface area contributed by atoms with Crippen LogP contribution in [0.15, 0.2) is 74.8 Å². The monoisotopic (exact) mass is 518 g/mol. The predicted molar refractivity (Wildman–Crippen MR) is 146 cm³/mol. The van der Waals surface area contributed by atoms with E-state index in [0.717, 1.165) is 44.7 Å². The number of hydrogen-bond acceptors (Lipinski definition) is 6. The number of hydrogen-bond donors (Lipinski definition) is 1. The first-order chi connectivity index (χ1) is 18.1. The molecule has 4 rings (SSSR count). The first-order valence-corrected chi connectivity index (χ1v) is 12.5. The van der Waals surface area contributed by atoms with Gasteiger partial charge < -0.3 is 18.7 Å². The molecule has 0 saturated carbocycles. The van der Waals surface area contributed by atoms with Gasteiger partial charge in [0.05, 0.1) is 18.8 Å². The Morgan fingerprint density at radius 2 is 1.61 bits per heavy atom. The third-order valence-electron chi connectivity index (χ3n) is 6.53. The summed E-state index contributed by atoms with van der Waals surface area (Å²) in [5, 5.41) is 0. The fraction of sp³-hybridized carbons (Fsp3) is 0.333. The fourth-order valence-electron chi connectivity index (χ4n) is 4.24. The summed E-state index contributed by atoms with van der Waals surface area (Å²) in [6.07, 6.45) is 0.805. The van der Waals surface area contributed by atoms with Gasteiger partial charge in [0, 0.05) is 13.5 Å². The van der Waals surface area contributed by atoms with Gasteiger partial charge in [-0.3, -0.25) is 0 Å². The van der Waals surface area contributed by atoms with Crippen LogP contribution in [0.25, 0.3) is 11.1 Å².